The number of amides is 1. The van der Waals surface area contributed by atoms with Gasteiger partial charge in [-0.15, -0.1) is 0 Å². The Morgan fingerprint density at radius 3 is 2.74 bits per heavy atom. The summed E-state index contributed by atoms with van der Waals surface area (Å²) in [5, 5.41) is 6.74. The van der Waals surface area contributed by atoms with E-state index in [4.69, 9.17) is 16.0 Å². The normalized spacial score (nSPS) is 16.6. The maximum Gasteiger partial charge on any atom is 0.255 e. The third-order valence-electron chi connectivity index (χ3n) is 3.82. The third kappa shape index (κ3) is 2.26. The molecule has 0 aliphatic carbocycles. The number of nitrogens with one attached hydrogen (secondary N) is 2. The predicted molar refractivity (Wildman–Crippen MR) is 87.8 cm³/mol. The predicted octanol–water partition coefficient (Wildman–Crippen LogP) is 3.30. The first-order valence-electron chi connectivity index (χ1n) is 7.01. The Kier molecular flexibility index (Phi) is 3.09. The van der Waals surface area contributed by atoms with E-state index in [-0.39, 0.29) is 11.3 Å². The molecule has 2 aromatic carbocycles. The number of benzene rings is 2. The van der Waals surface area contributed by atoms with Crippen molar-refractivity contribution in [2.75, 3.05) is 5.32 Å². The van der Waals surface area contributed by atoms with E-state index in [9.17, 15) is 9.59 Å². The van der Waals surface area contributed by atoms with Crippen LogP contribution in [0.5, 0.6) is 0 Å². The van der Waals surface area contributed by atoms with Gasteiger partial charge in [-0.2, -0.15) is 0 Å². The van der Waals surface area contributed by atoms with Gasteiger partial charge in [-0.3, -0.25) is 9.59 Å². The number of rotatable bonds is 1. The molecule has 1 amide bonds. The molecular formula is C17H11ClN2O3. The molecule has 3 aromatic rings. The van der Waals surface area contributed by atoms with E-state index in [0.29, 0.717) is 32.8 Å². The summed E-state index contributed by atoms with van der Waals surface area (Å²) in [6.45, 7) is 0. The van der Waals surface area contributed by atoms with E-state index in [1.807, 2.05) is 6.07 Å². The van der Waals surface area contributed by atoms with Gasteiger partial charge in [0, 0.05) is 10.7 Å². The van der Waals surface area contributed by atoms with Crippen LogP contribution in [0.2, 0.25) is 5.02 Å². The minimum atomic E-state index is -0.656. The Bertz CT molecular complexity index is 997. The third-order valence-corrected chi connectivity index (χ3v) is 4.05. The molecule has 0 fully saturated rings. The molecule has 1 atom stereocenters. The van der Waals surface area contributed by atoms with Crippen LogP contribution in [0.4, 0.5) is 5.69 Å². The van der Waals surface area contributed by atoms with E-state index in [2.05, 4.69) is 10.6 Å². The number of carbonyl (C=O) groups excluding carboxylic acids is 1. The molecule has 6 heteroatoms. The van der Waals surface area contributed by atoms with E-state index in [1.165, 1.54) is 6.26 Å². The van der Waals surface area contributed by atoms with E-state index in [0.717, 1.165) is 0 Å². The standard InChI is InChI=1S/C17H11ClN2O3/c18-9-5-6-14-11(7-9)15(21)12(8-23-14)16-19-13-4-2-1-3-10(13)17(22)20-16/h1-8,16,19H,(H,20,22)/t16-/m0/s1. The van der Waals surface area contributed by atoms with Crippen molar-refractivity contribution in [2.24, 2.45) is 0 Å². The topological polar surface area (TPSA) is 71.3 Å². The zero-order valence-electron chi connectivity index (χ0n) is 11.8. The Labute approximate surface area is 135 Å². The number of para-hydroxylation sites is 1. The van der Waals surface area contributed by atoms with Gasteiger partial charge in [-0.05, 0) is 30.3 Å². The Morgan fingerprint density at radius 1 is 1.04 bits per heavy atom. The summed E-state index contributed by atoms with van der Waals surface area (Å²) in [7, 11) is 0. The van der Waals surface area contributed by atoms with E-state index >= 15 is 0 Å². The lowest BCUT2D eigenvalue weighted by atomic mass is 10.1. The number of fused-ring (bicyclic) bond motifs is 2. The van der Waals surface area contributed by atoms with Crippen LogP contribution in [0.1, 0.15) is 22.1 Å². The van der Waals surface area contributed by atoms with Gasteiger partial charge in [0.15, 0.2) is 5.43 Å². The van der Waals surface area contributed by atoms with Crippen molar-refractivity contribution >= 4 is 34.2 Å². The monoisotopic (exact) mass is 326 g/mol. The summed E-state index contributed by atoms with van der Waals surface area (Å²) < 4.78 is 5.51. The first-order valence-corrected chi connectivity index (χ1v) is 7.39. The smallest absolute Gasteiger partial charge is 0.255 e. The summed E-state index contributed by atoms with van der Waals surface area (Å²) in [4.78, 5) is 24.9. The molecule has 23 heavy (non-hydrogen) atoms. The number of anilines is 1. The molecule has 1 aliphatic heterocycles. The molecular weight excluding hydrogens is 316 g/mol. The molecule has 5 nitrogen and oxygen atoms in total. The van der Waals surface area contributed by atoms with Gasteiger partial charge in [-0.1, -0.05) is 23.7 Å². The lowest BCUT2D eigenvalue weighted by Gasteiger charge is -2.27. The summed E-state index contributed by atoms with van der Waals surface area (Å²) in [6.07, 6.45) is 0.710. The Balaban J connectivity index is 1.83. The first kappa shape index (κ1) is 13.8. The van der Waals surface area contributed by atoms with Gasteiger partial charge < -0.3 is 15.1 Å². The minimum Gasteiger partial charge on any atom is -0.464 e. The lowest BCUT2D eigenvalue weighted by molar-refractivity contribution is 0.0935. The van der Waals surface area contributed by atoms with Gasteiger partial charge in [0.1, 0.15) is 18.0 Å². The molecule has 4 rings (SSSR count). The maximum atomic E-state index is 12.7. The Morgan fingerprint density at radius 2 is 1.87 bits per heavy atom. The van der Waals surface area contributed by atoms with Crippen molar-refractivity contribution < 1.29 is 9.21 Å². The minimum absolute atomic E-state index is 0.231. The molecule has 0 saturated heterocycles. The highest BCUT2D eigenvalue weighted by Gasteiger charge is 2.26. The molecule has 114 valence electrons. The highest BCUT2D eigenvalue weighted by Crippen LogP contribution is 2.26. The van der Waals surface area contributed by atoms with Crippen LogP contribution in [0.15, 0.2) is 57.9 Å². The molecule has 2 N–H and O–H groups in total. The van der Waals surface area contributed by atoms with Crippen LogP contribution in [-0.2, 0) is 0 Å². The zero-order chi connectivity index (χ0) is 16.0. The summed E-state index contributed by atoms with van der Waals surface area (Å²) in [6, 6.07) is 12.0. The summed E-state index contributed by atoms with van der Waals surface area (Å²) >= 11 is 5.95. The molecule has 0 bridgehead atoms. The zero-order valence-corrected chi connectivity index (χ0v) is 12.6. The maximum absolute atomic E-state index is 12.7. The molecule has 0 spiro atoms. The van der Waals surface area contributed by atoms with Crippen LogP contribution in [0.25, 0.3) is 11.0 Å². The van der Waals surface area contributed by atoms with Crippen LogP contribution < -0.4 is 16.1 Å². The van der Waals surface area contributed by atoms with Gasteiger partial charge >= 0.3 is 0 Å². The second-order valence-electron chi connectivity index (χ2n) is 5.26. The summed E-state index contributed by atoms with van der Waals surface area (Å²) in [5.41, 5.74) is 1.75. The fourth-order valence-electron chi connectivity index (χ4n) is 2.68. The lowest BCUT2D eigenvalue weighted by Crippen LogP contribution is -2.40. The van der Waals surface area contributed by atoms with E-state index in [1.54, 1.807) is 36.4 Å². The van der Waals surface area contributed by atoms with Crippen LogP contribution in [-0.4, -0.2) is 5.91 Å². The van der Waals surface area contributed by atoms with Crippen LogP contribution >= 0.6 is 11.6 Å². The SMILES string of the molecule is O=C1N[C@@H](c2coc3ccc(Cl)cc3c2=O)Nc2ccccc21. The molecule has 0 unspecified atom stereocenters. The number of hydrogen-bond donors (Lipinski definition) is 2. The fourth-order valence-corrected chi connectivity index (χ4v) is 2.85. The van der Waals surface area contributed by atoms with Crippen LogP contribution in [0, 0.1) is 0 Å². The number of halogens is 1. The van der Waals surface area contributed by atoms with Crippen molar-refractivity contribution in [3.63, 3.8) is 0 Å². The fraction of sp³-hybridized carbons (Fsp3) is 0.0588. The average molecular weight is 327 g/mol. The van der Waals surface area contributed by atoms with Gasteiger partial charge in [-0.25, -0.2) is 0 Å². The van der Waals surface area contributed by atoms with E-state index < -0.39 is 6.17 Å². The van der Waals surface area contributed by atoms with Crippen molar-refractivity contribution in [1.29, 1.82) is 0 Å². The van der Waals surface area contributed by atoms with Gasteiger partial charge in [0.2, 0.25) is 0 Å². The second kappa shape index (κ2) is 5.14. The molecule has 0 radical (unpaired) electrons. The van der Waals surface area contributed by atoms with Crippen LogP contribution in [0.3, 0.4) is 0 Å². The highest BCUT2D eigenvalue weighted by atomic mass is 35.5. The van der Waals surface area contributed by atoms with Crippen molar-refractivity contribution in [2.45, 2.75) is 6.17 Å². The quantitative estimate of drug-likeness (QED) is 0.719. The van der Waals surface area contributed by atoms with Crippen molar-refractivity contribution in [3.05, 3.63) is 75.1 Å². The molecule has 1 aromatic heterocycles. The van der Waals surface area contributed by atoms with Crippen molar-refractivity contribution in [1.82, 2.24) is 5.32 Å². The second-order valence-corrected chi connectivity index (χ2v) is 5.69. The highest BCUT2D eigenvalue weighted by molar-refractivity contribution is 6.31. The summed E-state index contributed by atoms with van der Waals surface area (Å²) in [5.74, 6) is -0.241. The van der Waals surface area contributed by atoms with Gasteiger partial charge in [0.25, 0.3) is 5.91 Å². The first-order chi connectivity index (χ1) is 11.1. The average Bonchev–Trinajstić information content (AvgIpc) is 2.56. The number of carbonyl (C=O) groups is 1. The molecule has 2 heterocycles. The number of hydrogen-bond acceptors (Lipinski definition) is 4. The molecule has 1 aliphatic rings. The van der Waals surface area contributed by atoms with Gasteiger partial charge in [0.05, 0.1) is 16.5 Å². The van der Waals surface area contributed by atoms with Crippen molar-refractivity contribution in [3.8, 4) is 0 Å². The Hall–Kier alpha value is -2.79. The largest absolute Gasteiger partial charge is 0.464 e. The molecule has 0 saturated carbocycles.